The summed E-state index contributed by atoms with van der Waals surface area (Å²) in [7, 11) is 0. The fourth-order valence-corrected chi connectivity index (χ4v) is 5.27. The molecular weight excluding hydrogens is 340 g/mol. The lowest BCUT2D eigenvalue weighted by Crippen LogP contribution is -2.41. The Morgan fingerprint density at radius 3 is 2.07 bits per heavy atom. The summed E-state index contributed by atoms with van der Waals surface area (Å²) in [6.07, 6.45) is 9.54. The van der Waals surface area contributed by atoms with Gasteiger partial charge >= 0.3 is 0 Å². The van der Waals surface area contributed by atoms with E-state index in [9.17, 15) is 14.4 Å². The van der Waals surface area contributed by atoms with Gasteiger partial charge < -0.3 is 5.32 Å². The van der Waals surface area contributed by atoms with Crippen LogP contribution in [0.3, 0.4) is 0 Å². The van der Waals surface area contributed by atoms with Crippen molar-refractivity contribution in [2.24, 2.45) is 23.2 Å². The summed E-state index contributed by atoms with van der Waals surface area (Å²) in [6, 6.07) is 0.244. The van der Waals surface area contributed by atoms with E-state index in [1.807, 2.05) is 0 Å². The van der Waals surface area contributed by atoms with Crippen LogP contribution in [0, 0.1) is 23.2 Å². The van der Waals surface area contributed by atoms with Crippen molar-refractivity contribution < 1.29 is 14.4 Å². The Bertz CT molecular complexity index is 554. The zero-order valence-corrected chi connectivity index (χ0v) is 17.3. The Balaban J connectivity index is 1.43. The van der Waals surface area contributed by atoms with Gasteiger partial charge in [0.25, 0.3) is 0 Å². The van der Waals surface area contributed by atoms with Gasteiger partial charge in [-0.3, -0.25) is 19.3 Å². The molecule has 3 rings (SSSR count). The van der Waals surface area contributed by atoms with Crippen molar-refractivity contribution in [3.8, 4) is 0 Å². The van der Waals surface area contributed by atoms with Crippen molar-refractivity contribution in [3.05, 3.63) is 0 Å². The van der Waals surface area contributed by atoms with E-state index in [-0.39, 0.29) is 48.6 Å². The van der Waals surface area contributed by atoms with Crippen LogP contribution in [0.25, 0.3) is 0 Å². The maximum absolute atomic E-state index is 12.5. The van der Waals surface area contributed by atoms with Gasteiger partial charge in [-0.05, 0) is 49.9 Å². The molecule has 3 amide bonds. The summed E-state index contributed by atoms with van der Waals surface area (Å²) in [4.78, 5) is 38.7. The van der Waals surface area contributed by atoms with Gasteiger partial charge in [0.15, 0.2) is 0 Å². The zero-order valence-electron chi connectivity index (χ0n) is 17.3. The molecule has 3 aliphatic rings. The van der Waals surface area contributed by atoms with E-state index in [0.29, 0.717) is 5.41 Å². The number of fused-ring (bicyclic) bond motifs is 1. The summed E-state index contributed by atoms with van der Waals surface area (Å²) < 4.78 is 0. The summed E-state index contributed by atoms with van der Waals surface area (Å²) in [6.45, 7) is 7.19. The van der Waals surface area contributed by atoms with Crippen LogP contribution in [0.15, 0.2) is 0 Å². The SMILES string of the molecule is CCC(C)(C)C1CCC(NC(=O)CCN2C(=O)[C@H]3CCCC[C@@H]3C2=O)CC1. The highest BCUT2D eigenvalue weighted by Gasteiger charge is 2.47. The molecule has 1 aliphatic heterocycles. The Morgan fingerprint density at radius 2 is 1.56 bits per heavy atom. The maximum Gasteiger partial charge on any atom is 0.233 e. The Hall–Kier alpha value is -1.39. The first-order valence-corrected chi connectivity index (χ1v) is 11.0. The second-order valence-corrected chi connectivity index (χ2v) is 9.53. The molecule has 5 heteroatoms. The van der Waals surface area contributed by atoms with Crippen LogP contribution in [0.5, 0.6) is 0 Å². The number of amides is 3. The van der Waals surface area contributed by atoms with Gasteiger partial charge in [-0.15, -0.1) is 0 Å². The smallest absolute Gasteiger partial charge is 0.233 e. The number of likely N-dealkylation sites (tertiary alicyclic amines) is 1. The molecule has 0 aromatic heterocycles. The van der Waals surface area contributed by atoms with E-state index in [1.54, 1.807) is 0 Å². The van der Waals surface area contributed by atoms with Crippen LogP contribution < -0.4 is 5.32 Å². The van der Waals surface area contributed by atoms with Crippen LogP contribution in [0.2, 0.25) is 0 Å². The standard InChI is InChI=1S/C22H36N2O3/c1-4-22(2,3)15-9-11-16(12-10-15)23-19(25)13-14-24-20(26)17-7-5-6-8-18(17)21(24)27/h15-18H,4-14H2,1-3H3,(H,23,25)/t15?,16?,17-,18-/m0/s1. The van der Waals surface area contributed by atoms with E-state index in [2.05, 4.69) is 26.1 Å². The fourth-order valence-electron chi connectivity index (χ4n) is 5.27. The van der Waals surface area contributed by atoms with E-state index >= 15 is 0 Å². The third kappa shape index (κ3) is 4.38. The molecule has 2 aliphatic carbocycles. The topological polar surface area (TPSA) is 66.5 Å². The first-order chi connectivity index (χ1) is 12.8. The molecule has 1 N–H and O–H groups in total. The molecule has 5 nitrogen and oxygen atoms in total. The lowest BCUT2D eigenvalue weighted by molar-refractivity contribution is -0.140. The van der Waals surface area contributed by atoms with E-state index in [1.165, 1.54) is 11.3 Å². The van der Waals surface area contributed by atoms with Crippen LogP contribution in [0.4, 0.5) is 0 Å². The van der Waals surface area contributed by atoms with Crippen molar-refractivity contribution in [1.29, 1.82) is 0 Å². The number of hydrogen-bond donors (Lipinski definition) is 1. The van der Waals surface area contributed by atoms with Crippen molar-refractivity contribution in [3.63, 3.8) is 0 Å². The highest BCUT2D eigenvalue weighted by atomic mass is 16.2. The molecular formula is C22H36N2O3. The summed E-state index contributed by atoms with van der Waals surface area (Å²) in [5, 5.41) is 3.14. The average molecular weight is 377 g/mol. The minimum Gasteiger partial charge on any atom is -0.353 e. The molecule has 0 unspecified atom stereocenters. The third-order valence-corrected chi connectivity index (χ3v) is 7.60. The van der Waals surface area contributed by atoms with Crippen LogP contribution in [-0.2, 0) is 14.4 Å². The van der Waals surface area contributed by atoms with Crippen molar-refractivity contribution in [1.82, 2.24) is 10.2 Å². The molecule has 0 aromatic rings. The van der Waals surface area contributed by atoms with Gasteiger partial charge in [-0.1, -0.05) is 40.0 Å². The second kappa shape index (κ2) is 8.32. The molecule has 1 heterocycles. The molecule has 1 saturated heterocycles. The van der Waals surface area contributed by atoms with E-state index < -0.39 is 0 Å². The summed E-state index contributed by atoms with van der Waals surface area (Å²) >= 11 is 0. The summed E-state index contributed by atoms with van der Waals surface area (Å²) in [5.74, 6) is 0.389. The minimum atomic E-state index is -0.119. The van der Waals surface area contributed by atoms with Crippen LogP contribution in [0.1, 0.15) is 85.0 Å². The number of nitrogens with one attached hydrogen (secondary N) is 1. The molecule has 0 radical (unpaired) electrons. The molecule has 0 bridgehead atoms. The maximum atomic E-state index is 12.5. The van der Waals surface area contributed by atoms with Gasteiger partial charge in [0, 0.05) is 19.0 Å². The number of imide groups is 1. The Morgan fingerprint density at radius 1 is 1.00 bits per heavy atom. The monoisotopic (exact) mass is 376 g/mol. The average Bonchev–Trinajstić information content (AvgIpc) is 2.91. The number of carbonyl (C=O) groups is 3. The first kappa shape index (κ1) is 20.3. The molecule has 3 fully saturated rings. The largest absolute Gasteiger partial charge is 0.353 e. The van der Waals surface area contributed by atoms with Crippen LogP contribution >= 0.6 is 0 Å². The van der Waals surface area contributed by atoms with Crippen molar-refractivity contribution in [2.45, 2.75) is 91.0 Å². The van der Waals surface area contributed by atoms with E-state index in [4.69, 9.17) is 0 Å². The quantitative estimate of drug-likeness (QED) is 0.719. The molecule has 0 spiro atoms. The molecule has 2 saturated carbocycles. The molecule has 152 valence electrons. The summed E-state index contributed by atoms with van der Waals surface area (Å²) in [5.41, 5.74) is 0.377. The van der Waals surface area contributed by atoms with Gasteiger partial charge in [0.05, 0.1) is 11.8 Å². The number of nitrogens with zero attached hydrogens (tertiary/aromatic N) is 1. The predicted molar refractivity (Wildman–Crippen MR) is 105 cm³/mol. The van der Waals surface area contributed by atoms with Crippen LogP contribution in [-0.4, -0.2) is 35.2 Å². The molecule has 27 heavy (non-hydrogen) atoms. The molecule has 2 atom stereocenters. The lowest BCUT2D eigenvalue weighted by atomic mass is 9.69. The normalized spacial score (nSPS) is 31.7. The highest BCUT2D eigenvalue weighted by molar-refractivity contribution is 6.05. The number of rotatable bonds is 6. The van der Waals surface area contributed by atoms with Gasteiger partial charge in [0.2, 0.25) is 17.7 Å². The van der Waals surface area contributed by atoms with E-state index in [0.717, 1.165) is 57.3 Å². The number of hydrogen-bond acceptors (Lipinski definition) is 3. The third-order valence-electron chi connectivity index (χ3n) is 7.60. The zero-order chi connectivity index (χ0) is 19.6. The Labute approximate surface area is 163 Å². The minimum absolute atomic E-state index is 0.0244. The van der Waals surface area contributed by atoms with Gasteiger partial charge in [0.1, 0.15) is 0 Å². The molecule has 0 aromatic carbocycles. The Kier molecular flexibility index (Phi) is 6.27. The number of carbonyl (C=O) groups excluding carboxylic acids is 3. The second-order valence-electron chi connectivity index (χ2n) is 9.53. The van der Waals surface area contributed by atoms with Crippen molar-refractivity contribution in [2.75, 3.05) is 6.54 Å². The van der Waals surface area contributed by atoms with Gasteiger partial charge in [-0.2, -0.15) is 0 Å². The fraction of sp³-hybridized carbons (Fsp3) is 0.864. The van der Waals surface area contributed by atoms with Gasteiger partial charge in [-0.25, -0.2) is 0 Å². The lowest BCUT2D eigenvalue weighted by Gasteiger charge is -2.39. The predicted octanol–water partition coefficient (Wildman–Crippen LogP) is 3.66. The van der Waals surface area contributed by atoms with Crippen molar-refractivity contribution >= 4 is 17.7 Å². The first-order valence-electron chi connectivity index (χ1n) is 11.0. The highest BCUT2D eigenvalue weighted by Crippen LogP contribution is 2.40.